The summed E-state index contributed by atoms with van der Waals surface area (Å²) in [7, 11) is 0. The number of nitrogens with one attached hydrogen (secondary N) is 1. The van der Waals surface area contributed by atoms with Gasteiger partial charge in [0.15, 0.2) is 6.10 Å². The zero-order valence-corrected chi connectivity index (χ0v) is 10.7. The first-order chi connectivity index (χ1) is 8.25. The van der Waals surface area contributed by atoms with Crippen LogP contribution in [0.2, 0.25) is 0 Å². The minimum Gasteiger partial charge on any atom is -0.465 e. The number of alkyl halides is 3. The minimum atomic E-state index is -4.41. The topological polar surface area (TPSA) is 47.0 Å². The number of aryl methyl sites for hydroxylation is 1. The quantitative estimate of drug-likeness (QED) is 0.907. The Morgan fingerprint density at radius 3 is 2.39 bits per heavy atom. The lowest BCUT2D eigenvalue weighted by molar-refractivity contribution is -0.190. The van der Waals surface area contributed by atoms with E-state index in [0.29, 0.717) is 23.8 Å². The number of hydrogen-bond acceptors (Lipinski definition) is 4. The second kappa shape index (κ2) is 5.41. The van der Waals surface area contributed by atoms with E-state index in [9.17, 15) is 13.2 Å². The fourth-order valence-electron chi connectivity index (χ4n) is 1.29. The van der Waals surface area contributed by atoms with Crippen molar-refractivity contribution >= 4 is 5.82 Å². The molecular weight excluding hydrogens is 247 g/mol. The van der Waals surface area contributed by atoms with E-state index in [-0.39, 0.29) is 5.88 Å². The molecule has 1 atom stereocenters. The monoisotopic (exact) mass is 263 g/mol. The Bertz CT molecular complexity index is 421. The smallest absolute Gasteiger partial charge is 0.425 e. The molecule has 102 valence electrons. The Labute approximate surface area is 104 Å². The second-order valence-electron chi connectivity index (χ2n) is 3.88. The Morgan fingerprint density at radius 1 is 1.28 bits per heavy atom. The molecule has 0 saturated carbocycles. The summed E-state index contributed by atoms with van der Waals surface area (Å²) < 4.78 is 42.2. The van der Waals surface area contributed by atoms with Crippen molar-refractivity contribution in [1.82, 2.24) is 9.97 Å². The summed E-state index contributed by atoms with van der Waals surface area (Å²) in [6.07, 6.45) is -6.32. The van der Waals surface area contributed by atoms with Crippen LogP contribution in [0.4, 0.5) is 19.0 Å². The Hall–Kier alpha value is -1.53. The number of nitrogens with zero attached hydrogens (tertiary/aromatic N) is 2. The number of anilines is 1. The molecule has 0 aliphatic rings. The molecule has 0 aliphatic heterocycles. The Morgan fingerprint density at radius 2 is 1.89 bits per heavy atom. The van der Waals surface area contributed by atoms with Gasteiger partial charge in [0.05, 0.1) is 5.56 Å². The van der Waals surface area contributed by atoms with Crippen LogP contribution in [0.15, 0.2) is 0 Å². The third-order valence-corrected chi connectivity index (χ3v) is 2.31. The summed E-state index contributed by atoms with van der Waals surface area (Å²) >= 11 is 0. The van der Waals surface area contributed by atoms with Crippen molar-refractivity contribution in [2.75, 3.05) is 11.9 Å². The van der Waals surface area contributed by atoms with Gasteiger partial charge in [-0.05, 0) is 27.7 Å². The summed E-state index contributed by atoms with van der Waals surface area (Å²) in [5.41, 5.74) is 0.471. The molecule has 0 saturated heterocycles. The van der Waals surface area contributed by atoms with Gasteiger partial charge in [-0.15, -0.1) is 0 Å². The van der Waals surface area contributed by atoms with Crippen molar-refractivity contribution < 1.29 is 17.9 Å². The third-order valence-electron chi connectivity index (χ3n) is 2.31. The zero-order chi connectivity index (χ0) is 13.9. The molecule has 0 radical (unpaired) electrons. The highest BCUT2D eigenvalue weighted by atomic mass is 19.4. The molecule has 1 rings (SSSR count). The first-order valence-corrected chi connectivity index (χ1v) is 5.58. The molecule has 1 heterocycles. The number of halogens is 3. The van der Waals surface area contributed by atoms with Gasteiger partial charge >= 0.3 is 6.18 Å². The van der Waals surface area contributed by atoms with Crippen LogP contribution in [0, 0.1) is 13.8 Å². The molecule has 1 aromatic rings. The van der Waals surface area contributed by atoms with Crippen molar-refractivity contribution in [3.05, 3.63) is 11.4 Å². The van der Waals surface area contributed by atoms with Crippen molar-refractivity contribution in [2.24, 2.45) is 0 Å². The zero-order valence-electron chi connectivity index (χ0n) is 10.7. The molecule has 0 aliphatic carbocycles. The summed E-state index contributed by atoms with van der Waals surface area (Å²) in [5, 5.41) is 2.96. The van der Waals surface area contributed by atoms with E-state index < -0.39 is 12.3 Å². The molecule has 7 heteroatoms. The van der Waals surface area contributed by atoms with Gasteiger partial charge < -0.3 is 10.1 Å². The van der Waals surface area contributed by atoms with E-state index in [1.807, 2.05) is 6.92 Å². The average Bonchev–Trinajstić information content (AvgIpc) is 2.23. The van der Waals surface area contributed by atoms with Crippen molar-refractivity contribution in [3.8, 4) is 5.88 Å². The van der Waals surface area contributed by atoms with Crippen LogP contribution < -0.4 is 10.1 Å². The maximum atomic E-state index is 12.4. The van der Waals surface area contributed by atoms with Crippen LogP contribution in [0.5, 0.6) is 5.88 Å². The van der Waals surface area contributed by atoms with Crippen molar-refractivity contribution in [1.29, 1.82) is 0 Å². The lowest BCUT2D eigenvalue weighted by Crippen LogP contribution is -2.31. The first kappa shape index (κ1) is 14.5. The highest BCUT2D eigenvalue weighted by molar-refractivity contribution is 5.48. The molecule has 1 unspecified atom stereocenters. The largest absolute Gasteiger partial charge is 0.465 e. The van der Waals surface area contributed by atoms with Gasteiger partial charge in [-0.3, -0.25) is 0 Å². The molecule has 1 aromatic heterocycles. The molecule has 0 bridgehead atoms. The predicted molar refractivity (Wildman–Crippen MR) is 61.8 cm³/mol. The molecule has 0 spiro atoms. The highest BCUT2D eigenvalue weighted by Crippen LogP contribution is 2.28. The van der Waals surface area contributed by atoms with E-state index in [1.165, 1.54) is 0 Å². The van der Waals surface area contributed by atoms with Crippen LogP contribution in [-0.4, -0.2) is 28.8 Å². The summed E-state index contributed by atoms with van der Waals surface area (Å²) in [4.78, 5) is 8.00. The average molecular weight is 263 g/mol. The molecule has 4 nitrogen and oxygen atoms in total. The lowest BCUT2D eigenvalue weighted by atomic mass is 10.3. The minimum absolute atomic E-state index is 0.0386. The Balaban J connectivity index is 3.02. The highest BCUT2D eigenvalue weighted by Gasteiger charge is 2.38. The van der Waals surface area contributed by atoms with Crippen LogP contribution in [0.1, 0.15) is 25.2 Å². The molecule has 18 heavy (non-hydrogen) atoms. The van der Waals surface area contributed by atoms with Gasteiger partial charge in [-0.1, -0.05) is 0 Å². The standard InChI is InChI=1S/C11H16F3N3O/c1-5-15-9-6(2)10(17-8(4)16-9)18-7(3)11(12,13)14/h7H,5H2,1-4H3,(H,15,16,17). The molecule has 0 aromatic carbocycles. The van der Waals surface area contributed by atoms with Gasteiger partial charge in [0.25, 0.3) is 0 Å². The van der Waals surface area contributed by atoms with E-state index >= 15 is 0 Å². The van der Waals surface area contributed by atoms with Gasteiger partial charge in [-0.2, -0.15) is 18.2 Å². The number of rotatable bonds is 4. The molecular formula is C11H16F3N3O. The number of ether oxygens (including phenoxy) is 1. The fourth-order valence-corrected chi connectivity index (χ4v) is 1.29. The Kier molecular flexibility index (Phi) is 4.37. The van der Waals surface area contributed by atoms with Gasteiger partial charge in [0.1, 0.15) is 11.6 Å². The van der Waals surface area contributed by atoms with E-state index in [4.69, 9.17) is 4.74 Å². The maximum absolute atomic E-state index is 12.4. The number of aromatic nitrogens is 2. The molecule has 0 fully saturated rings. The van der Waals surface area contributed by atoms with Gasteiger partial charge in [-0.25, -0.2) is 4.98 Å². The number of hydrogen-bond donors (Lipinski definition) is 1. The van der Waals surface area contributed by atoms with E-state index in [2.05, 4.69) is 15.3 Å². The van der Waals surface area contributed by atoms with Crippen molar-refractivity contribution in [2.45, 2.75) is 40.0 Å². The van der Waals surface area contributed by atoms with Crippen molar-refractivity contribution in [3.63, 3.8) is 0 Å². The third kappa shape index (κ3) is 3.48. The normalized spacial score (nSPS) is 13.3. The van der Waals surface area contributed by atoms with Gasteiger partial charge in [0, 0.05) is 6.54 Å². The van der Waals surface area contributed by atoms with Crippen LogP contribution >= 0.6 is 0 Å². The van der Waals surface area contributed by atoms with Gasteiger partial charge in [0.2, 0.25) is 5.88 Å². The van der Waals surface area contributed by atoms with E-state index in [0.717, 1.165) is 6.92 Å². The van der Waals surface area contributed by atoms with Crippen LogP contribution in [0.3, 0.4) is 0 Å². The lowest BCUT2D eigenvalue weighted by Gasteiger charge is -2.19. The summed E-state index contributed by atoms with van der Waals surface area (Å²) in [5.74, 6) is 0.818. The fraction of sp³-hybridized carbons (Fsp3) is 0.636. The van der Waals surface area contributed by atoms with Crippen LogP contribution in [-0.2, 0) is 0 Å². The van der Waals surface area contributed by atoms with E-state index in [1.54, 1.807) is 13.8 Å². The summed E-state index contributed by atoms with van der Waals surface area (Å²) in [6, 6.07) is 0. The predicted octanol–water partition coefficient (Wildman–Crippen LogP) is 2.85. The molecule has 1 N–H and O–H groups in total. The maximum Gasteiger partial charge on any atom is 0.425 e. The summed E-state index contributed by atoms with van der Waals surface area (Å²) in [6.45, 7) is 6.66. The van der Waals surface area contributed by atoms with Crippen LogP contribution in [0.25, 0.3) is 0 Å². The second-order valence-corrected chi connectivity index (χ2v) is 3.88. The molecule has 0 amide bonds. The SMILES string of the molecule is CCNc1nc(C)nc(OC(C)C(F)(F)F)c1C. The first-order valence-electron chi connectivity index (χ1n) is 5.58.